The first kappa shape index (κ1) is 11.8. The highest BCUT2D eigenvalue weighted by Crippen LogP contribution is 2.26. The maximum Gasteiger partial charge on any atom is 0.163 e. The molecule has 0 saturated carbocycles. The predicted molar refractivity (Wildman–Crippen MR) is 65.0 cm³/mol. The lowest BCUT2D eigenvalue weighted by molar-refractivity contribution is 0.628. The number of nitrogens with zero attached hydrogens (tertiary/aromatic N) is 2. The van der Waals surface area contributed by atoms with Gasteiger partial charge in [-0.15, -0.1) is 0 Å². The first-order valence-corrected chi connectivity index (χ1v) is 5.25. The van der Waals surface area contributed by atoms with Crippen molar-refractivity contribution < 1.29 is 4.39 Å². The molecule has 0 fully saturated rings. The molecule has 0 aliphatic rings. The van der Waals surface area contributed by atoms with Gasteiger partial charge in [0.2, 0.25) is 0 Å². The summed E-state index contributed by atoms with van der Waals surface area (Å²) in [5.41, 5.74) is 3.74. The number of nitrogens with one attached hydrogen (secondary N) is 1. The second-order valence-corrected chi connectivity index (χ2v) is 3.89. The van der Waals surface area contributed by atoms with Crippen LogP contribution in [0.15, 0.2) is 24.3 Å². The van der Waals surface area contributed by atoms with Crippen LogP contribution in [0.4, 0.5) is 10.2 Å². The zero-order valence-corrected chi connectivity index (χ0v) is 9.79. The van der Waals surface area contributed by atoms with E-state index < -0.39 is 5.82 Å². The summed E-state index contributed by atoms with van der Waals surface area (Å²) in [6.07, 6.45) is 0. The van der Waals surface area contributed by atoms with E-state index in [-0.39, 0.29) is 5.02 Å². The number of hydrazine groups is 1. The van der Waals surface area contributed by atoms with E-state index in [1.165, 1.54) is 18.2 Å². The van der Waals surface area contributed by atoms with Gasteiger partial charge in [0.05, 0.1) is 5.02 Å². The van der Waals surface area contributed by atoms with Crippen molar-refractivity contribution in [1.82, 2.24) is 9.97 Å². The third-order valence-electron chi connectivity index (χ3n) is 2.17. The number of benzene rings is 1. The molecule has 0 amide bonds. The molecule has 2 aromatic rings. The number of nitrogen functional groups attached to an aromatic ring is 1. The molecule has 6 heteroatoms. The molecular formula is C11H10ClFN4. The Morgan fingerprint density at radius 1 is 1.29 bits per heavy atom. The molecule has 1 heterocycles. The Hall–Kier alpha value is -1.72. The van der Waals surface area contributed by atoms with Crippen molar-refractivity contribution in [1.29, 1.82) is 0 Å². The highest BCUT2D eigenvalue weighted by Gasteiger charge is 2.09. The summed E-state index contributed by atoms with van der Waals surface area (Å²) < 4.78 is 12.9. The van der Waals surface area contributed by atoms with Gasteiger partial charge in [-0.2, -0.15) is 0 Å². The van der Waals surface area contributed by atoms with Crippen LogP contribution in [0.25, 0.3) is 11.4 Å². The van der Waals surface area contributed by atoms with Crippen molar-refractivity contribution in [2.24, 2.45) is 5.84 Å². The summed E-state index contributed by atoms with van der Waals surface area (Å²) in [6.45, 7) is 1.81. The molecule has 3 N–H and O–H groups in total. The van der Waals surface area contributed by atoms with Crippen molar-refractivity contribution in [2.45, 2.75) is 6.92 Å². The molecule has 0 atom stereocenters. The number of hydrogen-bond donors (Lipinski definition) is 2. The molecule has 1 aromatic heterocycles. The molecule has 0 radical (unpaired) electrons. The highest BCUT2D eigenvalue weighted by molar-refractivity contribution is 6.33. The van der Waals surface area contributed by atoms with Gasteiger partial charge in [-0.1, -0.05) is 11.6 Å². The molecule has 4 nitrogen and oxygen atoms in total. The third-order valence-corrected chi connectivity index (χ3v) is 2.49. The first-order valence-electron chi connectivity index (χ1n) is 4.88. The van der Waals surface area contributed by atoms with E-state index in [4.69, 9.17) is 17.4 Å². The predicted octanol–water partition coefficient (Wildman–Crippen LogP) is 2.53. The summed E-state index contributed by atoms with van der Waals surface area (Å²) in [7, 11) is 0. The minimum absolute atomic E-state index is 0.263. The minimum Gasteiger partial charge on any atom is -0.308 e. The fraction of sp³-hybridized carbons (Fsp3) is 0.0909. The molecule has 2 rings (SSSR count). The van der Waals surface area contributed by atoms with E-state index >= 15 is 0 Å². The molecule has 17 heavy (non-hydrogen) atoms. The summed E-state index contributed by atoms with van der Waals surface area (Å²) in [6, 6.07) is 5.76. The average molecular weight is 253 g/mol. The van der Waals surface area contributed by atoms with Gasteiger partial charge in [0, 0.05) is 17.3 Å². The topological polar surface area (TPSA) is 63.8 Å². The van der Waals surface area contributed by atoms with Crippen LogP contribution in [-0.4, -0.2) is 9.97 Å². The Morgan fingerprint density at radius 2 is 2.06 bits per heavy atom. The number of anilines is 1. The molecule has 1 aromatic carbocycles. The molecular weight excluding hydrogens is 243 g/mol. The fourth-order valence-corrected chi connectivity index (χ4v) is 1.69. The van der Waals surface area contributed by atoms with E-state index in [1.807, 2.05) is 6.92 Å². The van der Waals surface area contributed by atoms with Crippen molar-refractivity contribution in [2.75, 3.05) is 5.43 Å². The van der Waals surface area contributed by atoms with Gasteiger partial charge in [0.25, 0.3) is 0 Å². The van der Waals surface area contributed by atoms with Gasteiger partial charge >= 0.3 is 0 Å². The van der Waals surface area contributed by atoms with Crippen molar-refractivity contribution >= 4 is 17.4 Å². The summed E-state index contributed by atoms with van der Waals surface area (Å²) in [5.74, 6) is 5.78. The number of halogens is 2. The van der Waals surface area contributed by atoms with Crippen LogP contribution in [0.3, 0.4) is 0 Å². The van der Waals surface area contributed by atoms with E-state index in [0.717, 1.165) is 5.69 Å². The van der Waals surface area contributed by atoms with Crippen LogP contribution in [0.2, 0.25) is 5.02 Å². The lowest BCUT2D eigenvalue weighted by atomic mass is 10.2. The quantitative estimate of drug-likeness (QED) is 0.637. The maximum absolute atomic E-state index is 12.9. The first-order chi connectivity index (χ1) is 8.10. The Morgan fingerprint density at radius 3 is 2.71 bits per heavy atom. The molecule has 88 valence electrons. The SMILES string of the molecule is Cc1cc(NN)nc(-c2ccc(F)cc2Cl)n1. The lowest BCUT2D eigenvalue weighted by Gasteiger charge is -2.06. The Balaban J connectivity index is 2.55. The standard InChI is InChI=1S/C11H10ClFN4/c1-6-4-10(17-14)16-11(15-6)8-3-2-7(13)5-9(8)12/h2-5H,14H2,1H3,(H,15,16,17). The van der Waals surface area contributed by atoms with Gasteiger partial charge < -0.3 is 5.43 Å². The zero-order chi connectivity index (χ0) is 12.4. The second-order valence-electron chi connectivity index (χ2n) is 3.49. The zero-order valence-electron chi connectivity index (χ0n) is 9.04. The van der Waals surface area contributed by atoms with Crippen LogP contribution in [0.1, 0.15) is 5.69 Å². The maximum atomic E-state index is 12.9. The Bertz CT molecular complexity index is 559. The van der Waals surface area contributed by atoms with Crippen molar-refractivity contribution in [3.63, 3.8) is 0 Å². The number of hydrogen-bond acceptors (Lipinski definition) is 4. The number of aromatic nitrogens is 2. The van der Waals surface area contributed by atoms with E-state index in [9.17, 15) is 4.39 Å². The minimum atomic E-state index is -0.399. The van der Waals surface area contributed by atoms with Crippen LogP contribution in [0.5, 0.6) is 0 Å². The fourth-order valence-electron chi connectivity index (χ4n) is 1.43. The van der Waals surface area contributed by atoms with Gasteiger partial charge in [0.1, 0.15) is 11.6 Å². The van der Waals surface area contributed by atoms with Crippen molar-refractivity contribution in [3.8, 4) is 11.4 Å². The van der Waals surface area contributed by atoms with Crippen LogP contribution in [-0.2, 0) is 0 Å². The van der Waals surface area contributed by atoms with Crippen LogP contribution in [0, 0.1) is 12.7 Å². The summed E-state index contributed by atoms with van der Waals surface area (Å²) in [4.78, 5) is 8.39. The lowest BCUT2D eigenvalue weighted by Crippen LogP contribution is -2.10. The van der Waals surface area contributed by atoms with Gasteiger partial charge in [0.15, 0.2) is 5.82 Å². The highest BCUT2D eigenvalue weighted by atomic mass is 35.5. The smallest absolute Gasteiger partial charge is 0.163 e. The molecule has 0 aliphatic carbocycles. The molecule has 0 saturated heterocycles. The van der Waals surface area contributed by atoms with Crippen molar-refractivity contribution in [3.05, 3.63) is 40.8 Å². The van der Waals surface area contributed by atoms with E-state index in [0.29, 0.717) is 17.2 Å². The van der Waals surface area contributed by atoms with Crippen LogP contribution < -0.4 is 11.3 Å². The largest absolute Gasteiger partial charge is 0.308 e. The molecule has 0 spiro atoms. The van der Waals surface area contributed by atoms with Crippen LogP contribution >= 0.6 is 11.6 Å². The van der Waals surface area contributed by atoms with E-state index in [1.54, 1.807) is 6.07 Å². The monoisotopic (exact) mass is 252 g/mol. The number of rotatable bonds is 2. The summed E-state index contributed by atoms with van der Waals surface area (Å²) in [5, 5.41) is 0.263. The number of aryl methyl sites for hydroxylation is 1. The molecule has 0 unspecified atom stereocenters. The van der Waals surface area contributed by atoms with Gasteiger partial charge in [-0.25, -0.2) is 20.2 Å². The van der Waals surface area contributed by atoms with Gasteiger partial charge in [-0.05, 0) is 25.1 Å². The number of nitrogens with two attached hydrogens (primary N) is 1. The molecule has 0 bridgehead atoms. The normalized spacial score (nSPS) is 10.4. The Kier molecular flexibility index (Phi) is 3.21. The molecule has 0 aliphatic heterocycles. The van der Waals surface area contributed by atoms with Gasteiger partial charge in [-0.3, -0.25) is 0 Å². The summed E-state index contributed by atoms with van der Waals surface area (Å²) >= 11 is 5.94. The Labute approximate surface area is 103 Å². The van der Waals surface area contributed by atoms with E-state index in [2.05, 4.69) is 15.4 Å². The second kappa shape index (κ2) is 4.65. The third kappa shape index (κ3) is 2.51. The average Bonchev–Trinajstić information content (AvgIpc) is 2.28.